The summed E-state index contributed by atoms with van der Waals surface area (Å²) in [6.07, 6.45) is 0. The molecule has 20 heavy (non-hydrogen) atoms. The van der Waals surface area contributed by atoms with Crippen molar-refractivity contribution in [2.45, 2.75) is 13.8 Å². The summed E-state index contributed by atoms with van der Waals surface area (Å²) in [6, 6.07) is 9.13. The highest BCUT2D eigenvalue weighted by Crippen LogP contribution is 2.29. The van der Waals surface area contributed by atoms with Crippen LogP contribution >= 0.6 is 0 Å². The molecule has 0 atom stereocenters. The lowest BCUT2D eigenvalue weighted by Crippen LogP contribution is -2.13. The van der Waals surface area contributed by atoms with Crippen LogP contribution in [0.15, 0.2) is 36.4 Å². The maximum absolute atomic E-state index is 12.8. The van der Waals surface area contributed by atoms with Gasteiger partial charge in [0.1, 0.15) is 11.6 Å². The molecule has 0 aliphatic heterocycles. The van der Waals surface area contributed by atoms with Crippen molar-refractivity contribution in [3.05, 3.63) is 58.9 Å². The SMILES string of the molecule is COc1c(C)ccc(NC(=O)c2ccc(F)cc2)c1C. The summed E-state index contributed by atoms with van der Waals surface area (Å²) >= 11 is 0. The first-order valence-corrected chi connectivity index (χ1v) is 6.24. The topological polar surface area (TPSA) is 38.3 Å². The lowest BCUT2D eigenvalue weighted by Gasteiger charge is -2.14. The van der Waals surface area contributed by atoms with Crippen molar-refractivity contribution in [1.82, 2.24) is 0 Å². The summed E-state index contributed by atoms with van der Waals surface area (Å²) in [4.78, 5) is 12.1. The normalized spacial score (nSPS) is 10.2. The fraction of sp³-hybridized carbons (Fsp3) is 0.188. The average Bonchev–Trinajstić information content (AvgIpc) is 2.43. The van der Waals surface area contributed by atoms with Gasteiger partial charge in [-0.15, -0.1) is 0 Å². The monoisotopic (exact) mass is 273 g/mol. The Morgan fingerprint density at radius 3 is 2.35 bits per heavy atom. The summed E-state index contributed by atoms with van der Waals surface area (Å²) in [5, 5.41) is 2.81. The van der Waals surface area contributed by atoms with Crippen LogP contribution < -0.4 is 10.1 Å². The van der Waals surface area contributed by atoms with E-state index in [0.717, 1.165) is 16.9 Å². The van der Waals surface area contributed by atoms with Crippen LogP contribution in [0.3, 0.4) is 0 Å². The Morgan fingerprint density at radius 1 is 1.10 bits per heavy atom. The van der Waals surface area contributed by atoms with E-state index in [1.165, 1.54) is 24.3 Å². The van der Waals surface area contributed by atoms with E-state index in [4.69, 9.17) is 4.74 Å². The highest BCUT2D eigenvalue weighted by Gasteiger charge is 2.11. The molecular formula is C16H16FNO2. The van der Waals surface area contributed by atoms with Gasteiger partial charge in [0, 0.05) is 16.8 Å². The lowest BCUT2D eigenvalue weighted by molar-refractivity contribution is 0.102. The van der Waals surface area contributed by atoms with Gasteiger partial charge in [-0.3, -0.25) is 4.79 Å². The Bertz CT molecular complexity index is 636. The van der Waals surface area contributed by atoms with Gasteiger partial charge in [-0.2, -0.15) is 0 Å². The molecule has 1 N–H and O–H groups in total. The third kappa shape index (κ3) is 2.79. The van der Waals surface area contributed by atoms with E-state index in [9.17, 15) is 9.18 Å². The number of benzene rings is 2. The molecule has 2 aromatic rings. The third-order valence-electron chi connectivity index (χ3n) is 3.16. The van der Waals surface area contributed by atoms with Gasteiger partial charge in [0.15, 0.2) is 0 Å². The second-order valence-electron chi connectivity index (χ2n) is 4.55. The van der Waals surface area contributed by atoms with Crippen molar-refractivity contribution in [3.63, 3.8) is 0 Å². The molecule has 0 aliphatic carbocycles. The highest BCUT2D eigenvalue weighted by molar-refractivity contribution is 6.04. The molecule has 3 nitrogen and oxygen atoms in total. The molecule has 1 amide bonds. The molecule has 0 fully saturated rings. The predicted octanol–water partition coefficient (Wildman–Crippen LogP) is 3.70. The maximum Gasteiger partial charge on any atom is 0.255 e. The molecule has 0 saturated heterocycles. The number of hydrogen-bond acceptors (Lipinski definition) is 2. The van der Waals surface area contributed by atoms with Crippen LogP contribution in [0.1, 0.15) is 21.5 Å². The van der Waals surface area contributed by atoms with E-state index in [-0.39, 0.29) is 11.7 Å². The Morgan fingerprint density at radius 2 is 1.75 bits per heavy atom. The molecule has 0 heterocycles. The van der Waals surface area contributed by atoms with Crippen LogP contribution in [0.4, 0.5) is 10.1 Å². The van der Waals surface area contributed by atoms with Crippen LogP contribution in [0.5, 0.6) is 5.75 Å². The summed E-state index contributed by atoms with van der Waals surface area (Å²) in [5.41, 5.74) is 2.96. The van der Waals surface area contributed by atoms with Gasteiger partial charge in [-0.25, -0.2) is 4.39 Å². The zero-order chi connectivity index (χ0) is 14.7. The van der Waals surface area contributed by atoms with E-state index in [0.29, 0.717) is 11.3 Å². The molecule has 0 spiro atoms. The predicted molar refractivity (Wildman–Crippen MR) is 76.8 cm³/mol. The summed E-state index contributed by atoms with van der Waals surface area (Å²) < 4.78 is 18.2. The van der Waals surface area contributed by atoms with Crippen molar-refractivity contribution >= 4 is 11.6 Å². The maximum atomic E-state index is 12.8. The summed E-state index contributed by atoms with van der Waals surface area (Å²) in [5.74, 6) is 0.107. The van der Waals surface area contributed by atoms with Crippen LogP contribution in [0.25, 0.3) is 0 Å². The van der Waals surface area contributed by atoms with E-state index in [2.05, 4.69) is 5.32 Å². The minimum absolute atomic E-state index is 0.279. The lowest BCUT2D eigenvalue weighted by atomic mass is 10.1. The first kappa shape index (κ1) is 14.1. The third-order valence-corrected chi connectivity index (χ3v) is 3.16. The van der Waals surface area contributed by atoms with E-state index < -0.39 is 0 Å². The molecule has 0 bridgehead atoms. The number of methoxy groups -OCH3 is 1. The van der Waals surface area contributed by atoms with Crippen molar-refractivity contribution in [3.8, 4) is 5.75 Å². The molecule has 2 rings (SSSR count). The Labute approximate surface area is 117 Å². The standard InChI is InChI=1S/C16H16FNO2/c1-10-4-9-14(11(2)15(10)20-3)18-16(19)12-5-7-13(17)8-6-12/h4-9H,1-3H3,(H,18,19). The second kappa shape index (κ2) is 5.74. The van der Waals surface area contributed by atoms with Gasteiger partial charge < -0.3 is 10.1 Å². The van der Waals surface area contributed by atoms with Crippen LogP contribution in [0.2, 0.25) is 0 Å². The second-order valence-corrected chi connectivity index (χ2v) is 4.55. The van der Waals surface area contributed by atoms with E-state index in [1.807, 2.05) is 26.0 Å². The number of rotatable bonds is 3. The van der Waals surface area contributed by atoms with Gasteiger partial charge in [0.05, 0.1) is 7.11 Å². The van der Waals surface area contributed by atoms with Crippen LogP contribution in [-0.2, 0) is 0 Å². The Kier molecular flexibility index (Phi) is 4.03. The minimum atomic E-state index is -0.366. The first-order chi connectivity index (χ1) is 9.52. The van der Waals surface area contributed by atoms with Crippen molar-refractivity contribution in [1.29, 1.82) is 0 Å². The number of carbonyl (C=O) groups excluding carboxylic acids is 1. The molecule has 2 aromatic carbocycles. The molecule has 0 aromatic heterocycles. The van der Waals surface area contributed by atoms with Gasteiger partial charge in [-0.1, -0.05) is 6.07 Å². The van der Waals surface area contributed by atoms with Gasteiger partial charge in [0.25, 0.3) is 5.91 Å². The minimum Gasteiger partial charge on any atom is -0.496 e. The quantitative estimate of drug-likeness (QED) is 0.926. The number of anilines is 1. The zero-order valence-electron chi connectivity index (χ0n) is 11.7. The first-order valence-electron chi connectivity index (χ1n) is 6.24. The van der Waals surface area contributed by atoms with Gasteiger partial charge >= 0.3 is 0 Å². The van der Waals surface area contributed by atoms with E-state index in [1.54, 1.807) is 7.11 Å². The number of ether oxygens (including phenoxy) is 1. The molecule has 0 aliphatic rings. The number of carbonyl (C=O) groups is 1. The Balaban J connectivity index is 2.26. The molecular weight excluding hydrogens is 257 g/mol. The van der Waals surface area contributed by atoms with Crippen molar-refractivity contribution < 1.29 is 13.9 Å². The fourth-order valence-corrected chi connectivity index (χ4v) is 2.07. The molecule has 104 valence electrons. The number of hydrogen-bond donors (Lipinski definition) is 1. The average molecular weight is 273 g/mol. The number of halogens is 1. The molecule has 4 heteroatoms. The largest absolute Gasteiger partial charge is 0.496 e. The molecule has 0 radical (unpaired) electrons. The van der Waals surface area contributed by atoms with Crippen molar-refractivity contribution in [2.24, 2.45) is 0 Å². The fourth-order valence-electron chi connectivity index (χ4n) is 2.07. The van der Waals surface area contributed by atoms with Gasteiger partial charge in [0.2, 0.25) is 0 Å². The van der Waals surface area contributed by atoms with E-state index >= 15 is 0 Å². The summed E-state index contributed by atoms with van der Waals surface area (Å²) in [7, 11) is 1.60. The smallest absolute Gasteiger partial charge is 0.255 e. The zero-order valence-corrected chi connectivity index (χ0v) is 11.7. The molecule has 0 saturated carbocycles. The molecule has 0 unspecified atom stereocenters. The highest BCUT2D eigenvalue weighted by atomic mass is 19.1. The summed E-state index contributed by atoms with van der Waals surface area (Å²) in [6.45, 7) is 3.82. The van der Waals surface area contributed by atoms with Crippen LogP contribution in [0, 0.1) is 19.7 Å². The number of nitrogens with one attached hydrogen (secondary N) is 1. The number of aryl methyl sites for hydroxylation is 1. The Hall–Kier alpha value is -2.36. The van der Waals surface area contributed by atoms with Crippen LogP contribution in [-0.4, -0.2) is 13.0 Å². The number of amides is 1. The van der Waals surface area contributed by atoms with Gasteiger partial charge in [-0.05, 0) is 49.7 Å². The van der Waals surface area contributed by atoms with Crippen molar-refractivity contribution in [2.75, 3.05) is 12.4 Å².